The van der Waals surface area contributed by atoms with Gasteiger partial charge < -0.3 is 25.2 Å². The molecule has 3 aromatic rings. The molecule has 8 nitrogen and oxygen atoms in total. The molecule has 2 aromatic heterocycles. The Labute approximate surface area is 203 Å². The van der Waals surface area contributed by atoms with E-state index in [9.17, 15) is 8.78 Å². The second-order valence-corrected chi connectivity index (χ2v) is 9.00. The summed E-state index contributed by atoms with van der Waals surface area (Å²) in [6.07, 6.45) is 1.08. The van der Waals surface area contributed by atoms with Gasteiger partial charge in [-0.15, -0.1) is 0 Å². The highest BCUT2D eigenvalue weighted by Crippen LogP contribution is 2.39. The fourth-order valence-corrected chi connectivity index (χ4v) is 4.58. The monoisotopic (exact) mass is 481 g/mol. The number of hydrogen-bond acceptors (Lipinski definition) is 8. The van der Waals surface area contributed by atoms with E-state index in [1.54, 1.807) is 6.07 Å². The Balaban J connectivity index is 1.43. The standard InChI is InChI=1S/C25H29F2N7O/c1-15(2)34-10-11-35-24-18(26)12-17(13-21(24)34)23-19(27)14-29-25(32-23)31-22-5-4-20(16(3)30-22)33-8-6-28-7-9-33/h4-5,12-15,28H,6-11H2,1-3H3,(H,29,30,31,32). The summed E-state index contributed by atoms with van der Waals surface area (Å²) in [5.74, 6) is -0.267. The van der Waals surface area contributed by atoms with Crippen molar-refractivity contribution in [3.05, 3.63) is 47.8 Å². The van der Waals surface area contributed by atoms with Gasteiger partial charge >= 0.3 is 0 Å². The molecule has 10 heteroatoms. The molecule has 2 N–H and O–H groups in total. The number of nitrogens with one attached hydrogen (secondary N) is 2. The summed E-state index contributed by atoms with van der Waals surface area (Å²) in [7, 11) is 0. The Bertz CT molecular complexity index is 1230. The summed E-state index contributed by atoms with van der Waals surface area (Å²) in [5.41, 5.74) is 2.88. The second-order valence-electron chi connectivity index (χ2n) is 9.00. The third-order valence-electron chi connectivity index (χ3n) is 6.31. The first-order chi connectivity index (χ1) is 16.9. The number of hydrogen-bond donors (Lipinski definition) is 2. The minimum Gasteiger partial charge on any atom is -0.486 e. The molecule has 0 unspecified atom stereocenters. The molecule has 0 saturated carbocycles. The summed E-state index contributed by atoms with van der Waals surface area (Å²) in [6, 6.07) is 6.98. The Morgan fingerprint density at radius 2 is 1.83 bits per heavy atom. The predicted molar refractivity (Wildman–Crippen MR) is 133 cm³/mol. The number of ether oxygens (including phenoxy) is 1. The van der Waals surface area contributed by atoms with E-state index < -0.39 is 11.6 Å². The number of halogens is 2. The normalized spacial score (nSPS) is 15.7. The highest BCUT2D eigenvalue weighted by Gasteiger charge is 2.26. The summed E-state index contributed by atoms with van der Waals surface area (Å²) in [5, 5.41) is 6.40. The van der Waals surface area contributed by atoms with E-state index >= 15 is 0 Å². The summed E-state index contributed by atoms with van der Waals surface area (Å²) < 4.78 is 35.3. The number of aryl methyl sites for hydroxylation is 1. The number of anilines is 4. The number of aromatic nitrogens is 3. The van der Waals surface area contributed by atoms with Crippen LogP contribution in [0, 0.1) is 18.6 Å². The Morgan fingerprint density at radius 1 is 1.03 bits per heavy atom. The molecule has 0 radical (unpaired) electrons. The minimum absolute atomic E-state index is 0.00707. The SMILES string of the molecule is Cc1nc(Nc2ncc(F)c(-c3cc(F)c4c(c3)N(C(C)C)CCO4)n2)ccc1N1CCNCC1. The number of nitrogens with zero attached hydrogens (tertiary/aromatic N) is 5. The predicted octanol–water partition coefficient (Wildman–Crippen LogP) is 3.89. The molecule has 0 spiro atoms. The number of fused-ring (bicyclic) bond motifs is 1. The van der Waals surface area contributed by atoms with Crippen LogP contribution in [-0.4, -0.2) is 60.3 Å². The van der Waals surface area contributed by atoms with Crippen molar-refractivity contribution >= 4 is 23.1 Å². The molecule has 0 bridgehead atoms. The lowest BCUT2D eigenvalue weighted by atomic mass is 10.1. The van der Waals surface area contributed by atoms with Gasteiger partial charge in [0.1, 0.15) is 18.1 Å². The van der Waals surface area contributed by atoms with E-state index in [1.165, 1.54) is 6.07 Å². The van der Waals surface area contributed by atoms with Crippen molar-refractivity contribution in [2.75, 3.05) is 54.4 Å². The fraction of sp³-hybridized carbons (Fsp3) is 0.400. The van der Waals surface area contributed by atoms with Crippen molar-refractivity contribution in [3.8, 4) is 17.0 Å². The van der Waals surface area contributed by atoms with Gasteiger partial charge in [0.15, 0.2) is 17.4 Å². The highest BCUT2D eigenvalue weighted by atomic mass is 19.1. The third-order valence-corrected chi connectivity index (χ3v) is 6.31. The first-order valence-electron chi connectivity index (χ1n) is 11.9. The maximum absolute atomic E-state index is 14.9. The second kappa shape index (κ2) is 9.61. The van der Waals surface area contributed by atoms with Crippen molar-refractivity contribution < 1.29 is 13.5 Å². The van der Waals surface area contributed by atoms with Gasteiger partial charge in [-0.05, 0) is 45.0 Å². The molecule has 1 saturated heterocycles. The van der Waals surface area contributed by atoms with Crippen molar-refractivity contribution in [2.45, 2.75) is 26.8 Å². The van der Waals surface area contributed by atoms with Gasteiger partial charge in [0.25, 0.3) is 0 Å². The van der Waals surface area contributed by atoms with Gasteiger partial charge in [0, 0.05) is 37.8 Å². The van der Waals surface area contributed by atoms with E-state index in [1.807, 2.05) is 37.8 Å². The maximum Gasteiger partial charge on any atom is 0.229 e. The maximum atomic E-state index is 14.9. The Morgan fingerprint density at radius 3 is 2.57 bits per heavy atom. The molecule has 5 rings (SSSR count). The van der Waals surface area contributed by atoms with Crippen molar-refractivity contribution in [1.29, 1.82) is 0 Å². The Kier molecular flexibility index (Phi) is 6.38. The van der Waals surface area contributed by atoms with E-state index in [0.29, 0.717) is 30.2 Å². The number of pyridine rings is 1. The van der Waals surface area contributed by atoms with Gasteiger partial charge in [-0.3, -0.25) is 0 Å². The average Bonchev–Trinajstić information content (AvgIpc) is 2.85. The smallest absolute Gasteiger partial charge is 0.229 e. The number of rotatable bonds is 5. The van der Waals surface area contributed by atoms with Gasteiger partial charge in [-0.25, -0.2) is 23.7 Å². The van der Waals surface area contributed by atoms with E-state index in [0.717, 1.165) is 43.8 Å². The van der Waals surface area contributed by atoms with Crippen molar-refractivity contribution in [1.82, 2.24) is 20.3 Å². The van der Waals surface area contributed by atoms with Gasteiger partial charge in [0.05, 0.1) is 29.8 Å². The summed E-state index contributed by atoms with van der Waals surface area (Å²) in [6.45, 7) is 10.8. The average molecular weight is 482 g/mol. The lowest BCUT2D eigenvalue weighted by Crippen LogP contribution is -2.43. The van der Waals surface area contributed by atoms with Crippen LogP contribution in [0.15, 0.2) is 30.5 Å². The molecule has 0 amide bonds. The van der Waals surface area contributed by atoms with Crippen LogP contribution in [0.1, 0.15) is 19.5 Å². The summed E-state index contributed by atoms with van der Waals surface area (Å²) >= 11 is 0. The van der Waals surface area contributed by atoms with Crippen LogP contribution in [0.2, 0.25) is 0 Å². The molecular formula is C25H29F2N7O. The molecule has 0 atom stereocenters. The van der Waals surface area contributed by atoms with Crippen LogP contribution in [-0.2, 0) is 0 Å². The number of benzene rings is 1. The van der Waals surface area contributed by atoms with Crippen molar-refractivity contribution in [2.24, 2.45) is 0 Å². The van der Waals surface area contributed by atoms with E-state index in [-0.39, 0.29) is 23.4 Å². The van der Waals surface area contributed by atoms with Gasteiger partial charge in [-0.2, -0.15) is 0 Å². The van der Waals surface area contributed by atoms with Crippen LogP contribution in [0.5, 0.6) is 5.75 Å². The van der Waals surface area contributed by atoms with Gasteiger partial charge in [-0.1, -0.05) is 0 Å². The molecule has 2 aliphatic heterocycles. The van der Waals surface area contributed by atoms with Crippen LogP contribution in [0.25, 0.3) is 11.3 Å². The Hall–Kier alpha value is -3.53. The fourth-order valence-electron chi connectivity index (χ4n) is 4.58. The van der Waals surface area contributed by atoms with Gasteiger partial charge in [0.2, 0.25) is 5.95 Å². The van der Waals surface area contributed by atoms with Crippen LogP contribution in [0.4, 0.5) is 31.9 Å². The largest absolute Gasteiger partial charge is 0.486 e. The zero-order valence-corrected chi connectivity index (χ0v) is 20.1. The minimum atomic E-state index is -0.638. The molecule has 35 heavy (non-hydrogen) atoms. The lowest BCUT2D eigenvalue weighted by Gasteiger charge is -2.34. The molecular weight excluding hydrogens is 452 g/mol. The summed E-state index contributed by atoms with van der Waals surface area (Å²) in [4.78, 5) is 17.4. The quantitative estimate of drug-likeness (QED) is 0.569. The molecule has 184 valence electrons. The molecule has 4 heterocycles. The zero-order valence-electron chi connectivity index (χ0n) is 20.1. The van der Waals surface area contributed by atoms with E-state index in [2.05, 4.69) is 30.5 Å². The molecule has 2 aliphatic rings. The molecule has 0 aliphatic carbocycles. The first kappa shape index (κ1) is 23.2. The first-order valence-corrected chi connectivity index (χ1v) is 11.9. The zero-order chi connectivity index (χ0) is 24.5. The van der Waals surface area contributed by atoms with Crippen LogP contribution in [0.3, 0.4) is 0 Å². The lowest BCUT2D eigenvalue weighted by molar-refractivity contribution is 0.287. The molecule has 1 aromatic carbocycles. The van der Waals surface area contributed by atoms with E-state index in [4.69, 9.17) is 4.74 Å². The van der Waals surface area contributed by atoms with Crippen LogP contribution < -0.4 is 25.2 Å². The molecule has 1 fully saturated rings. The van der Waals surface area contributed by atoms with Crippen molar-refractivity contribution in [3.63, 3.8) is 0 Å². The number of piperazine rings is 1. The third kappa shape index (κ3) is 4.70. The van der Waals surface area contributed by atoms with Crippen LogP contribution >= 0.6 is 0 Å². The topological polar surface area (TPSA) is 78.4 Å². The highest BCUT2D eigenvalue weighted by molar-refractivity contribution is 5.73.